The molecule has 88 heavy (non-hydrogen) atoms. The van der Waals surface area contributed by atoms with Crippen molar-refractivity contribution in [3.05, 3.63) is 0 Å². The van der Waals surface area contributed by atoms with Gasteiger partial charge in [-0.25, -0.2) is 30.1 Å². The van der Waals surface area contributed by atoms with Crippen LogP contribution in [0.1, 0.15) is 116 Å². The van der Waals surface area contributed by atoms with E-state index in [0.717, 1.165) is 0 Å². The van der Waals surface area contributed by atoms with Gasteiger partial charge in [-0.3, -0.25) is 0 Å². The third-order valence-corrected chi connectivity index (χ3v) is 13.5. The van der Waals surface area contributed by atoms with Gasteiger partial charge in [-0.1, -0.05) is 0 Å². The number of carboxylic acid groups (broad SMARTS) is 12. The second-order valence-corrected chi connectivity index (χ2v) is 20.5. The van der Waals surface area contributed by atoms with E-state index in [4.69, 9.17) is 0 Å². The summed E-state index contributed by atoms with van der Waals surface area (Å²) >= 11 is 0. The van der Waals surface area contributed by atoms with Crippen molar-refractivity contribution in [2.75, 3.05) is 78.5 Å². The Labute approximate surface area is 559 Å². The molecule has 6 N–H and O–H groups in total. The van der Waals surface area contributed by atoms with Crippen molar-refractivity contribution in [2.24, 2.45) is 35.5 Å². The Morgan fingerprint density at radius 1 is 0.216 bits per heavy atom. The van der Waals surface area contributed by atoms with E-state index in [-0.39, 0.29) is 192 Å². The largest absolute Gasteiger partial charge is 3.00 e. The van der Waals surface area contributed by atoms with E-state index in [1.165, 1.54) is 30.1 Å². The van der Waals surface area contributed by atoms with Gasteiger partial charge < -0.3 is 119 Å². The molecule has 3 rings (SSSR count). The molecule has 6 atom stereocenters. The number of carboxylic acids is 12. The maximum atomic E-state index is 11.0. The van der Waals surface area contributed by atoms with Gasteiger partial charge in [-0.05, 0) is 151 Å². The van der Waals surface area contributed by atoms with E-state index in [9.17, 15) is 119 Å². The molecule has 3 saturated heterocycles. The molecular weight excluding hydrogens is 1410 g/mol. The number of hydrogen-bond acceptors (Lipinski definition) is 36. The maximum Gasteiger partial charge on any atom is 3.00 e. The van der Waals surface area contributed by atoms with E-state index in [1.807, 2.05) is 0 Å². The number of hydrogen-bond donors (Lipinski definition) is 6. The third-order valence-electron chi connectivity index (χ3n) is 13.5. The summed E-state index contributed by atoms with van der Waals surface area (Å²) in [6.07, 6.45) is 2.80. The summed E-state index contributed by atoms with van der Waals surface area (Å²) in [5, 5.41) is 139. The Balaban J connectivity index is -0.000000588. The third kappa shape index (κ3) is 49.5. The van der Waals surface area contributed by atoms with E-state index in [2.05, 4.69) is 33.2 Å². The van der Waals surface area contributed by atoms with Gasteiger partial charge in [-0.15, -0.1) is 0 Å². The first kappa shape index (κ1) is 90.1. The minimum Gasteiger partial charge on any atom is -0.550 e. The molecule has 0 aliphatic carbocycles. The van der Waals surface area contributed by atoms with Crippen molar-refractivity contribution >= 4 is 151 Å². The maximum absolute atomic E-state index is 11.0. The molecule has 0 saturated carbocycles. The number of carbonyl (C=O) groups excluding carboxylic acids is 12. The van der Waals surface area contributed by atoms with Crippen LogP contribution in [0, 0.1) is 35.5 Å². The minimum atomic E-state index is -1.38. The first-order valence-electron chi connectivity index (χ1n) is 26.9. The van der Waals surface area contributed by atoms with Gasteiger partial charge in [0.2, 0.25) is 0 Å². The van der Waals surface area contributed by atoms with E-state index < -0.39 is 111 Å². The monoisotopic (exact) mass is 1480 g/mol. The van der Waals surface area contributed by atoms with Crippen LogP contribution in [-0.2, 0) is 57.5 Å². The summed E-state index contributed by atoms with van der Waals surface area (Å²) < 4.78 is 0. The Morgan fingerprint density at radius 2 is 0.330 bits per heavy atom. The summed E-state index contributed by atoms with van der Waals surface area (Å²) in [6, 6.07) is 0. The number of nitrogens with one attached hydrogen (secondary N) is 6. The zero-order chi connectivity index (χ0) is 63.3. The quantitative estimate of drug-likeness (QED) is 0.0489. The van der Waals surface area contributed by atoms with Crippen molar-refractivity contribution < 1.29 is 119 Å². The fourth-order valence-electron chi connectivity index (χ4n) is 9.36. The van der Waals surface area contributed by atoms with Crippen LogP contribution in [0.5, 0.6) is 0 Å². The summed E-state index contributed by atoms with van der Waals surface area (Å²) in [6.45, 7) is -2.33. The molecule has 0 amide bonds. The van der Waals surface area contributed by atoms with Crippen molar-refractivity contribution in [1.82, 2.24) is 63.3 Å². The molecule has 3 aliphatic heterocycles. The van der Waals surface area contributed by atoms with Crippen molar-refractivity contribution in [2.45, 2.75) is 116 Å². The Hall–Kier alpha value is -4.29. The van der Waals surface area contributed by atoms with Crippen molar-refractivity contribution in [1.29, 1.82) is 0 Å². The van der Waals surface area contributed by atoms with E-state index >= 15 is 0 Å². The molecule has 0 aromatic heterocycles. The molecular formula is C48H72Ga4N12O24. The zero-order valence-corrected chi connectivity index (χ0v) is 58.2. The first-order valence-corrected chi connectivity index (χ1v) is 26.9. The number of rotatable bonds is 24. The average Bonchev–Trinajstić information content (AvgIpc) is 3.35. The Kier molecular flexibility index (Phi) is 52.6. The molecule has 0 aromatic carbocycles. The molecule has 3 aliphatic rings. The molecule has 0 radical (unpaired) electrons. The predicted octanol–water partition coefficient (Wildman–Crippen LogP) is -19.2. The molecule has 36 nitrogen and oxygen atoms in total. The van der Waals surface area contributed by atoms with Crippen LogP contribution in [0.3, 0.4) is 0 Å². The topological polar surface area (TPSA) is 573 Å². The minimum absolute atomic E-state index is 0. The van der Waals surface area contributed by atoms with Crippen molar-refractivity contribution in [3.63, 3.8) is 0 Å². The van der Waals surface area contributed by atoms with Crippen LogP contribution in [0.25, 0.3) is 0 Å². The fraction of sp³-hybridized carbons (Fsp3) is 0.750. The van der Waals surface area contributed by atoms with Gasteiger partial charge in [-0.2, -0.15) is 33.2 Å². The summed E-state index contributed by atoms with van der Waals surface area (Å²) in [7, 11) is 0. The second kappa shape index (κ2) is 51.3. The predicted molar refractivity (Wildman–Crippen MR) is 275 cm³/mol. The first-order chi connectivity index (χ1) is 39.5. The van der Waals surface area contributed by atoms with Crippen LogP contribution in [-0.4, -0.2) is 259 Å². The summed E-state index contributed by atoms with van der Waals surface area (Å²) in [5.74, 6) is -17.7. The normalized spacial score (nSPS) is 22.2. The molecule has 0 bridgehead atoms. The molecule has 3 heterocycles. The molecule has 0 aromatic rings. The van der Waals surface area contributed by atoms with E-state index in [0.29, 0.717) is 77.0 Å². The average molecular weight is 1480 g/mol. The molecule has 3 fully saturated rings. The number of hydrazine groups is 9. The SMILES string of the molecule is O=C([O-])CC1CCC(CC(=O)[O-])CCN(CC(=O)[O-])NNN(CC(=O)[O-])CC1.O=C([O-])CC1CCC(CC(=O)[O-])CCN(CC(=O)[O-])NNN(CC(=O)[O-])CC1.O=C([O-])CC1CCC(CC(=O)[O-])CCN(CC(=O)[O-])NNN(CC(=O)[O-])CC1.[Ga+3].[Ga+3].[Ga+3].[Ga+3]. The van der Waals surface area contributed by atoms with E-state index in [1.54, 1.807) is 0 Å². The van der Waals surface area contributed by atoms with Crippen molar-refractivity contribution in [3.8, 4) is 0 Å². The number of carbonyl (C=O) groups is 12. The van der Waals surface area contributed by atoms with Gasteiger partial charge in [0.25, 0.3) is 0 Å². The molecule has 40 heteroatoms. The van der Waals surface area contributed by atoms with Crippen LogP contribution >= 0.6 is 0 Å². The Bertz CT molecular complexity index is 1590. The van der Waals surface area contributed by atoms with Crippen LogP contribution in [0.15, 0.2) is 0 Å². The number of aliphatic carboxylic acids is 12. The number of nitrogens with zero attached hydrogens (tertiary/aromatic N) is 6. The van der Waals surface area contributed by atoms with Crippen LogP contribution in [0.2, 0.25) is 0 Å². The second-order valence-electron chi connectivity index (χ2n) is 20.5. The van der Waals surface area contributed by atoms with Crippen LogP contribution in [0.4, 0.5) is 0 Å². The standard InChI is InChI=1S/3C16H28N4O8.4Ga/c3*21-13(22)7-11-1-2-12(8-14(23)24)4-6-20(10-16(27)28)18-17-19(5-3-11)9-15(25)26;;;;/h3*11-12,17-18H,1-10H2,(H,21,22)(H,23,24)(H,25,26)(H,27,28);;;;/q;;;4*+3/p-12. The summed E-state index contributed by atoms with van der Waals surface area (Å²) in [4.78, 5) is 131. The zero-order valence-electron chi connectivity index (χ0n) is 48.5. The summed E-state index contributed by atoms with van der Waals surface area (Å²) in [5.41, 5.74) is 15.4. The van der Waals surface area contributed by atoms with Gasteiger partial charge in [0.1, 0.15) is 0 Å². The Morgan fingerprint density at radius 3 is 0.420 bits per heavy atom. The van der Waals surface area contributed by atoms with Gasteiger partial charge in [0.05, 0.1) is 75.1 Å². The molecule has 6 unspecified atom stereocenters. The fourth-order valence-corrected chi connectivity index (χ4v) is 9.36. The molecule has 480 valence electrons. The molecule has 0 spiro atoms. The smallest absolute Gasteiger partial charge is 0.550 e. The van der Waals surface area contributed by atoms with Gasteiger partial charge in [0.15, 0.2) is 0 Å². The van der Waals surface area contributed by atoms with Gasteiger partial charge in [0, 0.05) is 75.1 Å². The van der Waals surface area contributed by atoms with Crippen LogP contribution < -0.4 is 94.5 Å². The van der Waals surface area contributed by atoms with Gasteiger partial charge >= 0.3 is 79.2 Å².